The molecule has 0 aliphatic carbocycles. The van der Waals surface area contributed by atoms with Gasteiger partial charge in [0.2, 0.25) is 5.82 Å². The monoisotopic (exact) mass is 238 g/mol. The van der Waals surface area contributed by atoms with Gasteiger partial charge in [0, 0.05) is 20.1 Å². The number of carbonyl (C=O) groups excluding carboxylic acids is 1. The second-order valence-electron chi connectivity index (χ2n) is 4.31. The Kier molecular flexibility index (Phi) is 3.42. The maximum atomic E-state index is 12.1. The number of nitrogens with one attached hydrogen (secondary N) is 1. The van der Waals surface area contributed by atoms with Crippen molar-refractivity contribution in [2.45, 2.75) is 38.8 Å². The Labute approximate surface area is 100 Å². The van der Waals surface area contributed by atoms with E-state index in [9.17, 15) is 4.79 Å². The third-order valence-corrected chi connectivity index (χ3v) is 3.21. The summed E-state index contributed by atoms with van der Waals surface area (Å²) >= 11 is 0. The van der Waals surface area contributed by atoms with Crippen molar-refractivity contribution in [2.75, 3.05) is 13.7 Å². The average molecular weight is 238 g/mol. The molecule has 2 rings (SSSR count). The molecule has 1 N–H and O–H groups in total. The van der Waals surface area contributed by atoms with Crippen molar-refractivity contribution < 1.29 is 9.53 Å². The molecule has 1 aliphatic heterocycles. The zero-order valence-electron chi connectivity index (χ0n) is 10.4. The molecule has 6 nitrogen and oxygen atoms in total. The van der Waals surface area contributed by atoms with Gasteiger partial charge >= 0.3 is 0 Å². The molecule has 1 saturated heterocycles. The molecule has 17 heavy (non-hydrogen) atoms. The topological polar surface area (TPSA) is 71.1 Å². The van der Waals surface area contributed by atoms with Gasteiger partial charge in [0.25, 0.3) is 5.91 Å². The summed E-state index contributed by atoms with van der Waals surface area (Å²) in [7, 11) is 1.78. The number of amides is 1. The molecule has 0 aromatic carbocycles. The summed E-state index contributed by atoms with van der Waals surface area (Å²) < 4.78 is 5.46. The Balaban J connectivity index is 2.08. The SMILES string of the molecule is CCc1nc(C(=O)N(C)C2CCOC2C)n[nH]1. The van der Waals surface area contributed by atoms with Crippen molar-refractivity contribution in [3.8, 4) is 0 Å². The molecule has 1 fully saturated rings. The highest BCUT2D eigenvalue weighted by atomic mass is 16.5. The van der Waals surface area contributed by atoms with Crippen LogP contribution in [0.15, 0.2) is 0 Å². The Morgan fingerprint density at radius 3 is 2.94 bits per heavy atom. The van der Waals surface area contributed by atoms with Crippen LogP contribution in [0.2, 0.25) is 0 Å². The summed E-state index contributed by atoms with van der Waals surface area (Å²) in [6, 6.07) is 0.117. The van der Waals surface area contributed by atoms with E-state index in [2.05, 4.69) is 15.2 Å². The summed E-state index contributed by atoms with van der Waals surface area (Å²) in [5.74, 6) is 0.823. The van der Waals surface area contributed by atoms with Crippen LogP contribution >= 0.6 is 0 Å². The lowest BCUT2D eigenvalue weighted by Gasteiger charge is -2.25. The Morgan fingerprint density at radius 1 is 1.65 bits per heavy atom. The van der Waals surface area contributed by atoms with Crippen molar-refractivity contribution in [2.24, 2.45) is 0 Å². The van der Waals surface area contributed by atoms with Crippen LogP contribution in [0.3, 0.4) is 0 Å². The molecule has 94 valence electrons. The zero-order chi connectivity index (χ0) is 12.4. The van der Waals surface area contributed by atoms with Crippen LogP contribution < -0.4 is 0 Å². The first-order valence-corrected chi connectivity index (χ1v) is 5.93. The van der Waals surface area contributed by atoms with E-state index in [-0.39, 0.29) is 23.9 Å². The van der Waals surface area contributed by atoms with Gasteiger partial charge in [0.05, 0.1) is 12.1 Å². The molecule has 1 aromatic rings. The second kappa shape index (κ2) is 4.83. The molecule has 0 saturated carbocycles. The molecule has 2 atom stereocenters. The minimum Gasteiger partial charge on any atom is -0.376 e. The fraction of sp³-hybridized carbons (Fsp3) is 0.727. The van der Waals surface area contributed by atoms with Crippen molar-refractivity contribution in [1.82, 2.24) is 20.1 Å². The highest BCUT2D eigenvalue weighted by Crippen LogP contribution is 2.19. The van der Waals surface area contributed by atoms with Gasteiger partial charge in [0.15, 0.2) is 0 Å². The average Bonchev–Trinajstić information content (AvgIpc) is 2.95. The molecule has 0 bridgehead atoms. The lowest BCUT2D eigenvalue weighted by atomic mass is 10.1. The molecule has 0 spiro atoms. The number of likely N-dealkylation sites (N-methyl/N-ethyl adjacent to an activating group) is 1. The molecular weight excluding hydrogens is 220 g/mol. The highest BCUT2D eigenvalue weighted by Gasteiger charge is 2.32. The number of H-pyrrole nitrogens is 1. The summed E-state index contributed by atoms with van der Waals surface area (Å²) in [5, 5.41) is 6.69. The summed E-state index contributed by atoms with van der Waals surface area (Å²) in [5.41, 5.74) is 0. The normalized spacial score (nSPS) is 23.9. The van der Waals surface area contributed by atoms with Crippen LogP contribution in [0, 0.1) is 0 Å². The first-order chi connectivity index (χ1) is 8.13. The van der Waals surface area contributed by atoms with Gasteiger partial charge in [-0.25, -0.2) is 4.98 Å². The van der Waals surface area contributed by atoms with E-state index in [1.165, 1.54) is 0 Å². The number of carbonyl (C=O) groups is 1. The zero-order valence-corrected chi connectivity index (χ0v) is 10.4. The number of nitrogens with zero attached hydrogens (tertiary/aromatic N) is 3. The van der Waals surface area contributed by atoms with E-state index < -0.39 is 0 Å². The lowest BCUT2D eigenvalue weighted by Crippen LogP contribution is -2.41. The number of hydrogen-bond donors (Lipinski definition) is 1. The first kappa shape index (κ1) is 12.0. The number of rotatable bonds is 3. The number of aromatic amines is 1. The second-order valence-corrected chi connectivity index (χ2v) is 4.31. The van der Waals surface area contributed by atoms with Crippen molar-refractivity contribution >= 4 is 5.91 Å². The Morgan fingerprint density at radius 2 is 2.41 bits per heavy atom. The highest BCUT2D eigenvalue weighted by molar-refractivity contribution is 5.90. The maximum Gasteiger partial charge on any atom is 0.293 e. The fourth-order valence-corrected chi connectivity index (χ4v) is 2.09. The Hall–Kier alpha value is -1.43. The first-order valence-electron chi connectivity index (χ1n) is 5.93. The predicted octanol–water partition coefficient (Wildman–Crippen LogP) is 0.616. The van der Waals surface area contributed by atoms with E-state index in [1.54, 1.807) is 11.9 Å². The van der Waals surface area contributed by atoms with E-state index in [4.69, 9.17) is 4.74 Å². The number of ether oxygens (including phenoxy) is 1. The lowest BCUT2D eigenvalue weighted by molar-refractivity contribution is 0.0565. The molecule has 1 amide bonds. The van der Waals surface area contributed by atoms with E-state index >= 15 is 0 Å². The van der Waals surface area contributed by atoms with Gasteiger partial charge < -0.3 is 9.64 Å². The molecule has 2 unspecified atom stereocenters. The fourth-order valence-electron chi connectivity index (χ4n) is 2.09. The molecule has 6 heteroatoms. The van der Waals surface area contributed by atoms with Crippen molar-refractivity contribution in [3.05, 3.63) is 11.6 Å². The standard InChI is InChI=1S/C11H18N4O2/c1-4-9-12-10(14-13-9)11(16)15(3)8-5-6-17-7(8)2/h7-8H,4-6H2,1-3H3,(H,12,13,14). The quantitative estimate of drug-likeness (QED) is 0.837. The van der Waals surface area contributed by atoms with Crippen molar-refractivity contribution in [3.63, 3.8) is 0 Å². The van der Waals surface area contributed by atoms with Crippen LogP contribution in [-0.2, 0) is 11.2 Å². The van der Waals surface area contributed by atoms with Crippen LogP contribution in [0.1, 0.15) is 36.7 Å². The molecule has 1 aliphatic rings. The van der Waals surface area contributed by atoms with Gasteiger partial charge in [-0.15, -0.1) is 5.10 Å². The summed E-state index contributed by atoms with van der Waals surface area (Å²) in [6.07, 6.45) is 1.69. The third-order valence-electron chi connectivity index (χ3n) is 3.21. The number of hydrogen-bond acceptors (Lipinski definition) is 4. The van der Waals surface area contributed by atoms with Crippen LogP contribution in [0.4, 0.5) is 0 Å². The number of aromatic nitrogens is 3. The summed E-state index contributed by atoms with van der Waals surface area (Å²) in [4.78, 5) is 18.0. The van der Waals surface area contributed by atoms with Crippen LogP contribution in [0.25, 0.3) is 0 Å². The van der Waals surface area contributed by atoms with E-state index in [0.717, 1.165) is 18.7 Å². The van der Waals surface area contributed by atoms with Gasteiger partial charge in [-0.1, -0.05) is 6.92 Å². The predicted molar refractivity (Wildman–Crippen MR) is 61.7 cm³/mol. The summed E-state index contributed by atoms with van der Waals surface area (Å²) in [6.45, 7) is 4.65. The minimum atomic E-state index is -0.150. The minimum absolute atomic E-state index is 0.0773. The van der Waals surface area contributed by atoms with Crippen LogP contribution in [0.5, 0.6) is 0 Å². The van der Waals surface area contributed by atoms with Gasteiger partial charge in [-0.2, -0.15) is 0 Å². The van der Waals surface area contributed by atoms with Crippen molar-refractivity contribution in [1.29, 1.82) is 0 Å². The van der Waals surface area contributed by atoms with Crippen LogP contribution in [-0.4, -0.2) is 51.8 Å². The molecule has 2 heterocycles. The number of aryl methyl sites for hydroxylation is 1. The van der Waals surface area contributed by atoms with Gasteiger partial charge in [0.1, 0.15) is 5.82 Å². The molecule has 0 radical (unpaired) electrons. The van der Waals surface area contributed by atoms with E-state index in [1.807, 2.05) is 13.8 Å². The largest absolute Gasteiger partial charge is 0.376 e. The van der Waals surface area contributed by atoms with E-state index in [0.29, 0.717) is 6.61 Å². The third kappa shape index (κ3) is 2.31. The smallest absolute Gasteiger partial charge is 0.293 e. The molecule has 1 aromatic heterocycles. The van der Waals surface area contributed by atoms with Gasteiger partial charge in [-0.05, 0) is 13.3 Å². The Bertz CT molecular complexity index is 404. The van der Waals surface area contributed by atoms with Gasteiger partial charge in [-0.3, -0.25) is 9.89 Å². The maximum absolute atomic E-state index is 12.1. The molecular formula is C11H18N4O2.